The normalized spacial score (nSPS) is 10.1. The minimum Gasteiger partial charge on any atom is -0.494 e. The van der Waals surface area contributed by atoms with Gasteiger partial charge in [0, 0.05) is 12.0 Å². The Labute approximate surface area is 95.2 Å². The van der Waals surface area contributed by atoms with Crippen LogP contribution in [0, 0.1) is 0 Å². The van der Waals surface area contributed by atoms with Crippen LogP contribution in [0.1, 0.15) is 37.0 Å². The lowest BCUT2D eigenvalue weighted by molar-refractivity contribution is 0.0988. The van der Waals surface area contributed by atoms with Gasteiger partial charge in [-0.1, -0.05) is 25.4 Å². The van der Waals surface area contributed by atoms with Crippen molar-refractivity contribution in [3.8, 4) is 5.75 Å². The van der Waals surface area contributed by atoms with Gasteiger partial charge in [-0.05, 0) is 24.6 Å². The van der Waals surface area contributed by atoms with E-state index in [4.69, 9.17) is 16.3 Å². The Hall–Kier alpha value is -1.02. The molecule has 1 aromatic rings. The van der Waals surface area contributed by atoms with Crippen LogP contribution in [-0.4, -0.2) is 12.4 Å². The van der Waals surface area contributed by atoms with Crippen molar-refractivity contribution in [3.63, 3.8) is 0 Å². The molecule has 0 heterocycles. The van der Waals surface area contributed by atoms with Crippen LogP contribution in [0.3, 0.4) is 0 Å². The number of hydrogen-bond donors (Lipinski definition) is 0. The minimum atomic E-state index is 0.0574. The average Bonchev–Trinajstić information content (AvgIpc) is 2.25. The van der Waals surface area contributed by atoms with Crippen molar-refractivity contribution >= 4 is 17.4 Å². The molecular weight excluding hydrogens is 212 g/mol. The fourth-order valence-corrected chi connectivity index (χ4v) is 1.50. The number of hydrogen-bond acceptors (Lipinski definition) is 2. The zero-order chi connectivity index (χ0) is 11.3. The van der Waals surface area contributed by atoms with Crippen LogP contribution < -0.4 is 4.74 Å². The summed E-state index contributed by atoms with van der Waals surface area (Å²) >= 11 is 5.98. The molecule has 0 radical (unpaired) electrons. The predicted octanol–water partition coefficient (Wildman–Crippen LogP) is 3.72. The first-order chi connectivity index (χ1) is 7.19. The van der Waals surface area contributed by atoms with Crippen molar-refractivity contribution in [3.05, 3.63) is 28.8 Å². The number of halogens is 1. The van der Waals surface area contributed by atoms with Gasteiger partial charge in [-0.2, -0.15) is 0 Å². The molecule has 1 aromatic carbocycles. The molecule has 0 aliphatic carbocycles. The predicted molar refractivity (Wildman–Crippen MR) is 61.9 cm³/mol. The van der Waals surface area contributed by atoms with E-state index >= 15 is 0 Å². The van der Waals surface area contributed by atoms with Crippen LogP contribution in [0.5, 0.6) is 5.75 Å². The Morgan fingerprint density at radius 2 is 2.13 bits per heavy atom. The molecule has 82 valence electrons. The number of ketones is 1. The van der Waals surface area contributed by atoms with E-state index in [1.54, 1.807) is 18.2 Å². The average molecular weight is 227 g/mol. The van der Waals surface area contributed by atoms with Gasteiger partial charge in [0.15, 0.2) is 5.78 Å². The first kappa shape index (κ1) is 12.1. The molecule has 0 saturated heterocycles. The topological polar surface area (TPSA) is 26.3 Å². The standard InChI is InChI=1S/C12H15ClO2/c1-3-7-15-9-5-6-10(11(13)8-9)12(14)4-2/h5-6,8H,3-4,7H2,1-2H3. The van der Waals surface area contributed by atoms with E-state index in [9.17, 15) is 4.79 Å². The monoisotopic (exact) mass is 226 g/mol. The fraction of sp³-hybridized carbons (Fsp3) is 0.417. The highest BCUT2D eigenvalue weighted by atomic mass is 35.5. The van der Waals surface area contributed by atoms with Crippen molar-refractivity contribution in [2.24, 2.45) is 0 Å². The van der Waals surface area contributed by atoms with Gasteiger partial charge in [-0.3, -0.25) is 4.79 Å². The van der Waals surface area contributed by atoms with Crippen molar-refractivity contribution in [2.75, 3.05) is 6.61 Å². The lowest BCUT2D eigenvalue weighted by atomic mass is 10.1. The van der Waals surface area contributed by atoms with Gasteiger partial charge in [0.25, 0.3) is 0 Å². The molecule has 0 aliphatic rings. The molecule has 0 saturated carbocycles. The molecule has 0 N–H and O–H groups in total. The maximum Gasteiger partial charge on any atom is 0.164 e. The largest absolute Gasteiger partial charge is 0.494 e. The van der Waals surface area contributed by atoms with Gasteiger partial charge in [0.2, 0.25) is 0 Å². The first-order valence-electron chi connectivity index (χ1n) is 5.14. The molecule has 15 heavy (non-hydrogen) atoms. The van der Waals surface area contributed by atoms with Crippen molar-refractivity contribution in [1.82, 2.24) is 0 Å². The van der Waals surface area contributed by atoms with Crippen LogP contribution >= 0.6 is 11.6 Å². The molecule has 0 unspecified atom stereocenters. The molecular formula is C12H15ClO2. The van der Waals surface area contributed by atoms with Gasteiger partial charge in [0.1, 0.15) is 5.75 Å². The van der Waals surface area contributed by atoms with E-state index in [-0.39, 0.29) is 5.78 Å². The fourth-order valence-electron chi connectivity index (χ4n) is 1.22. The van der Waals surface area contributed by atoms with Gasteiger partial charge in [0.05, 0.1) is 11.6 Å². The Morgan fingerprint density at radius 3 is 2.67 bits per heavy atom. The summed E-state index contributed by atoms with van der Waals surface area (Å²) in [6, 6.07) is 5.20. The summed E-state index contributed by atoms with van der Waals surface area (Å²) in [4.78, 5) is 11.4. The smallest absolute Gasteiger partial charge is 0.164 e. The Morgan fingerprint density at radius 1 is 1.40 bits per heavy atom. The molecule has 0 aromatic heterocycles. The Balaban J connectivity index is 2.83. The van der Waals surface area contributed by atoms with Crippen LogP contribution in [0.2, 0.25) is 5.02 Å². The summed E-state index contributed by atoms with van der Waals surface area (Å²) in [5.74, 6) is 0.775. The lowest BCUT2D eigenvalue weighted by Crippen LogP contribution is -1.99. The molecule has 1 rings (SSSR count). The summed E-state index contributed by atoms with van der Waals surface area (Å²) < 4.78 is 5.41. The molecule has 0 amide bonds. The van der Waals surface area contributed by atoms with Gasteiger partial charge in [-0.25, -0.2) is 0 Å². The van der Waals surface area contributed by atoms with E-state index < -0.39 is 0 Å². The number of carbonyl (C=O) groups excluding carboxylic acids is 1. The third kappa shape index (κ3) is 3.24. The van der Waals surface area contributed by atoms with Crippen molar-refractivity contribution in [2.45, 2.75) is 26.7 Å². The quantitative estimate of drug-likeness (QED) is 0.716. The highest BCUT2D eigenvalue weighted by Gasteiger charge is 2.08. The summed E-state index contributed by atoms with van der Waals surface area (Å²) in [6.45, 7) is 4.52. The molecule has 0 atom stereocenters. The number of Topliss-reactive ketones (excluding diaryl/α,β-unsaturated/α-hetero) is 1. The molecule has 0 bridgehead atoms. The maximum atomic E-state index is 11.4. The minimum absolute atomic E-state index is 0.0574. The zero-order valence-electron chi connectivity index (χ0n) is 9.05. The third-order valence-electron chi connectivity index (χ3n) is 2.03. The SMILES string of the molecule is CCCOc1ccc(C(=O)CC)c(Cl)c1. The number of benzene rings is 1. The first-order valence-corrected chi connectivity index (χ1v) is 5.52. The highest BCUT2D eigenvalue weighted by molar-refractivity contribution is 6.34. The number of carbonyl (C=O) groups is 1. The second-order valence-corrected chi connectivity index (χ2v) is 3.67. The lowest BCUT2D eigenvalue weighted by Gasteiger charge is -2.07. The summed E-state index contributed by atoms with van der Waals surface area (Å²) in [5.41, 5.74) is 0.572. The second kappa shape index (κ2) is 5.76. The number of ether oxygens (including phenoxy) is 1. The summed E-state index contributed by atoms with van der Waals surface area (Å²) in [6.07, 6.45) is 1.42. The Kier molecular flexibility index (Phi) is 4.63. The molecule has 0 aliphatic heterocycles. The number of rotatable bonds is 5. The second-order valence-electron chi connectivity index (χ2n) is 3.27. The van der Waals surface area contributed by atoms with E-state index in [1.165, 1.54) is 0 Å². The van der Waals surface area contributed by atoms with Crippen molar-refractivity contribution < 1.29 is 9.53 Å². The molecule has 0 spiro atoms. The van der Waals surface area contributed by atoms with Gasteiger partial charge >= 0.3 is 0 Å². The third-order valence-corrected chi connectivity index (χ3v) is 2.35. The van der Waals surface area contributed by atoms with Crippen LogP contribution in [0.15, 0.2) is 18.2 Å². The van der Waals surface area contributed by atoms with E-state index in [0.29, 0.717) is 23.6 Å². The van der Waals surface area contributed by atoms with Gasteiger partial charge in [-0.15, -0.1) is 0 Å². The molecule has 2 nitrogen and oxygen atoms in total. The Bertz CT molecular complexity index is 347. The summed E-state index contributed by atoms with van der Waals surface area (Å²) in [7, 11) is 0. The van der Waals surface area contributed by atoms with E-state index in [2.05, 4.69) is 0 Å². The molecule has 3 heteroatoms. The zero-order valence-corrected chi connectivity index (χ0v) is 9.80. The molecule has 0 fully saturated rings. The maximum absolute atomic E-state index is 11.4. The summed E-state index contributed by atoms with van der Waals surface area (Å²) in [5, 5.41) is 0.468. The van der Waals surface area contributed by atoms with Gasteiger partial charge < -0.3 is 4.74 Å². The van der Waals surface area contributed by atoms with E-state index in [1.807, 2.05) is 13.8 Å². The van der Waals surface area contributed by atoms with Crippen LogP contribution in [-0.2, 0) is 0 Å². The van der Waals surface area contributed by atoms with Crippen LogP contribution in [0.25, 0.3) is 0 Å². The van der Waals surface area contributed by atoms with Crippen LogP contribution in [0.4, 0.5) is 0 Å². The van der Waals surface area contributed by atoms with E-state index in [0.717, 1.165) is 12.2 Å². The highest BCUT2D eigenvalue weighted by Crippen LogP contribution is 2.23. The van der Waals surface area contributed by atoms with Crippen molar-refractivity contribution in [1.29, 1.82) is 0 Å².